The molecule has 0 bridgehead atoms. The van der Waals surface area contributed by atoms with Gasteiger partial charge in [0, 0.05) is 54.1 Å². The monoisotopic (exact) mass is 543 g/mol. The predicted octanol–water partition coefficient (Wildman–Crippen LogP) is 10.00. The fourth-order valence-corrected chi connectivity index (χ4v) is 6.91. The van der Waals surface area contributed by atoms with Gasteiger partial charge >= 0.3 is 0 Å². The minimum Gasteiger partial charge on any atom is -0.337 e. The van der Waals surface area contributed by atoms with Gasteiger partial charge in [0.25, 0.3) is 0 Å². The van der Waals surface area contributed by atoms with Crippen LogP contribution in [0.3, 0.4) is 0 Å². The van der Waals surface area contributed by atoms with Gasteiger partial charge in [0.1, 0.15) is 0 Å². The summed E-state index contributed by atoms with van der Waals surface area (Å²) in [5.41, 5.74) is 6.48. The summed E-state index contributed by atoms with van der Waals surface area (Å²) in [6.45, 7) is 0.719. The predicted molar refractivity (Wildman–Crippen MR) is 174 cm³/mol. The summed E-state index contributed by atoms with van der Waals surface area (Å²) in [5.74, 6) is 0.706. The molecule has 0 fully saturated rings. The Labute approximate surface area is 241 Å². The lowest BCUT2D eigenvalue weighted by atomic mass is 10.1. The van der Waals surface area contributed by atoms with Gasteiger partial charge in [-0.1, -0.05) is 103 Å². The van der Waals surface area contributed by atoms with Crippen molar-refractivity contribution in [3.05, 3.63) is 139 Å². The Morgan fingerprint density at radius 1 is 0.537 bits per heavy atom. The van der Waals surface area contributed by atoms with Crippen LogP contribution in [-0.2, 0) is 6.54 Å². The van der Waals surface area contributed by atoms with E-state index in [-0.39, 0.29) is 0 Å². The molecular formula is C37H25N3S. The third kappa shape index (κ3) is 4.21. The van der Waals surface area contributed by atoms with E-state index in [0.717, 1.165) is 29.1 Å². The van der Waals surface area contributed by atoms with Gasteiger partial charge in [0.2, 0.25) is 0 Å². The van der Waals surface area contributed by atoms with Gasteiger partial charge < -0.3 is 4.57 Å². The number of hydrogen-bond acceptors (Lipinski definition) is 3. The van der Waals surface area contributed by atoms with Crippen LogP contribution in [0.5, 0.6) is 0 Å². The average molecular weight is 544 g/mol. The Bertz CT molecular complexity index is 2170. The topological polar surface area (TPSA) is 30.7 Å². The number of aromatic nitrogens is 3. The summed E-state index contributed by atoms with van der Waals surface area (Å²) >= 11 is 1.87. The highest BCUT2D eigenvalue weighted by molar-refractivity contribution is 7.25. The smallest absolute Gasteiger partial charge is 0.152 e. The molecule has 0 amide bonds. The molecule has 3 heterocycles. The van der Waals surface area contributed by atoms with E-state index in [2.05, 4.69) is 108 Å². The number of nitrogens with zero attached hydrogens (tertiary/aromatic N) is 3. The highest BCUT2D eigenvalue weighted by atomic mass is 32.1. The third-order valence-corrected chi connectivity index (χ3v) is 8.84. The molecular weight excluding hydrogens is 518 g/mol. The highest BCUT2D eigenvalue weighted by Crippen LogP contribution is 2.39. The molecule has 0 unspecified atom stereocenters. The van der Waals surface area contributed by atoms with Crippen LogP contribution >= 0.6 is 11.3 Å². The Balaban J connectivity index is 1.24. The first kappa shape index (κ1) is 23.8. The van der Waals surface area contributed by atoms with E-state index in [9.17, 15) is 0 Å². The van der Waals surface area contributed by atoms with Crippen LogP contribution in [0, 0.1) is 0 Å². The number of para-hydroxylation sites is 1. The molecule has 0 saturated heterocycles. The van der Waals surface area contributed by atoms with E-state index < -0.39 is 0 Å². The summed E-state index contributed by atoms with van der Waals surface area (Å²) in [7, 11) is 0. The molecule has 0 aliphatic carbocycles. The highest BCUT2D eigenvalue weighted by Gasteiger charge is 2.14. The van der Waals surface area contributed by atoms with Crippen molar-refractivity contribution in [2.24, 2.45) is 0 Å². The van der Waals surface area contributed by atoms with Gasteiger partial charge in [0.05, 0.1) is 16.9 Å². The molecule has 8 aromatic rings. The zero-order chi connectivity index (χ0) is 27.2. The van der Waals surface area contributed by atoms with Crippen molar-refractivity contribution in [1.82, 2.24) is 14.5 Å². The zero-order valence-corrected chi connectivity index (χ0v) is 23.1. The molecule has 0 N–H and O–H groups in total. The molecule has 194 valence electrons. The number of benzene rings is 5. The molecule has 0 saturated carbocycles. The van der Waals surface area contributed by atoms with Gasteiger partial charge in [-0.2, -0.15) is 0 Å². The van der Waals surface area contributed by atoms with Crippen molar-refractivity contribution in [3.8, 4) is 22.5 Å². The van der Waals surface area contributed by atoms with E-state index in [4.69, 9.17) is 9.97 Å². The van der Waals surface area contributed by atoms with Gasteiger partial charge in [-0.15, -0.1) is 11.3 Å². The maximum atomic E-state index is 4.93. The van der Waals surface area contributed by atoms with Crippen LogP contribution in [0.1, 0.15) is 5.82 Å². The molecule has 41 heavy (non-hydrogen) atoms. The Kier molecular flexibility index (Phi) is 5.71. The van der Waals surface area contributed by atoms with Crippen molar-refractivity contribution in [3.63, 3.8) is 0 Å². The van der Waals surface area contributed by atoms with Crippen molar-refractivity contribution in [2.45, 2.75) is 6.54 Å². The molecule has 3 nitrogen and oxygen atoms in total. The number of allylic oxidation sites excluding steroid dienone is 1. The van der Waals surface area contributed by atoms with E-state index >= 15 is 0 Å². The van der Waals surface area contributed by atoms with E-state index in [1.165, 1.54) is 42.0 Å². The lowest BCUT2D eigenvalue weighted by molar-refractivity contribution is 0.902. The number of fused-ring (bicyclic) bond motifs is 6. The molecule has 0 radical (unpaired) electrons. The van der Waals surface area contributed by atoms with Crippen molar-refractivity contribution in [1.29, 1.82) is 0 Å². The second-order valence-corrected chi connectivity index (χ2v) is 11.3. The molecule has 0 aliphatic heterocycles. The van der Waals surface area contributed by atoms with E-state index in [1.54, 1.807) is 0 Å². The maximum absolute atomic E-state index is 4.93. The van der Waals surface area contributed by atoms with Gasteiger partial charge in [-0.3, -0.25) is 0 Å². The molecule has 8 rings (SSSR count). The zero-order valence-electron chi connectivity index (χ0n) is 22.2. The van der Waals surface area contributed by atoms with Crippen LogP contribution in [0.4, 0.5) is 0 Å². The van der Waals surface area contributed by atoms with E-state index in [0.29, 0.717) is 5.82 Å². The summed E-state index contributed by atoms with van der Waals surface area (Å²) < 4.78 is 5.07. The van der Waals surface area contributed by atoms with Crippen molar-refractivity contribution in [2.75, 3.05) is 0 Å². The average Bonchev–Trinajstić information content (AvgIpc) is 3.55. The van der Waals surface area contributed by atoms with Gasteiger partial charge in [-0.25, -0.2) is 9.97 Å². The summed E-state index contributed by atoms with van der Waals surface area (Å²) in [6, 6.07) is 44.8. The van der Waals surface area contributed by atoms with Crippen LogP contribution in [0.15, 0.2) is 133 Å². The molecule has 4 heteroatoms. The normalized spacial score (nSPS) is 11.9. The van der Waals surface area contributed by atoms with Crippen LogP contribution in [0.25, 0.3) is 70.6 Å². The van der Waals surface area contributed by atoms with Crippen LogP contribution in [-0.4, -0.2) is 14.5 Å². The first-order chi connectivity index (χ1) is 20.3. The molecule has 0 aliphatic rings. The minimum atomic E-state index is 0.706. The van der Waals surface area contributed by atoms with E-state index in [1.807, 2.05) is 47.7 Å². The summed E-state index contributed by atoms with van der Waals surface area (Å²) in [5, 5.41) is 5.21. The maximum Gasteiger partial charge on any atom is 0.152 e. The Morgan fingerprint density at radius 3 is 1.90 bits per heavy atom. The quantitative estimate of drug-likeness (QED) is 0.216. The fourth-order valence-electron chi connectivity index (χ4n) is 5.78. The molecule has 3 aromatic heterocycles. The van der Waals surface area contributed by atoms with Crippen LogP contribution < -0.4 is 0 Å². The lowest BCUT2D eigenvalue weighted by Crippen LogP contribution is -1.97. The third-order valence-electron chi connectivity index (χ3n) is 7.71. The molecule has 0 spiro atoms. The summed E-state index contributed by atoms with van der Waals surface area (Å²) in [4.78, 5) is 9.87. The lowest BCUT2D eigenvalue weighted by Gasteiger charge is -2.08. The Hall–Kier alpha value is -5.06. The first-order valence-corrected chi connectivity index (χ1v) is 14.6. The largest absolute Gasteiger partial charge is 0.337 e. The SMILES string of the molecule is C(=C\c1nc(-c2ccccc2)cc(-c2ccccc2)n1)/Cn1c2ccccc2c2cc3sc4ccccc4c3cc21. The fraction of sp³-hybridized carbons (Fsp3) is 0.0270. The van der Waals surface area contributed by atoms with Gasteiger partial charge in [-0.05, 0) is 36.4 Å². The minimum absolute atomic E-state index is 0.706. The van der Waals surface area contributed by atoms with Crippen LogP contribution in [0.2, 0.25) is 0 Å². The second-order valence-electron chi connectivity index (χ2n) is 10.2. The molecule has 5 aromatic carbocycles. The first-order valence-electron chi connectivity index (χ1n) is 13.8. The van der Waals surface area contributed by atoms with Gasteiger partial charge in [0.15, 0.2) is 5.82 Å². The van der Waals surface area contributed by atoms with Crippen molar-refractivity contribution >= 4 is 59.4 Å². The second kappa shape index (κ2) is 9.84. The molecule has 0 atom stereocenters. The number of hydrogen-bond donors (Lipinski definition) is 0. The number of rotatable bonds is 5. The summed E-state index contributed by atoms with van der Waals surface area (Å²) in [6.07, 6.45) is 4.23. The van der Waals surface area contributed by atoms with Crippen molar-refractivity contribution < 1.29 is 0 Å². The standard InChI is InChI=1S/C37H25N3S/c1-3-12-25(13-4-1)31-24-32(26-14-5-2-6-15-26)39-37(38-31)20-11-21-40-33-18-9-7-16-27(33)29-23-36-30(22-34(29)40)28-17-8-10-19-35(28)41-36/h1-20,22-24H,21H2/b20-11+. The Morgan fingerprint density at radius 2 is 1.17 bits per heavy atom. The number of thiophene rings is 1.